The van der Waals surface area contributed by atoms with Gasteiger partial charge in [0.15, 0.2) is 0 Å². The number of hydrogen-bond acceptors (Lipinski definition) is 4. The first-order chi connectivity index (χ1) is 12.3. The van der Waals surface area contributed by atoms with E-state index in [2.05, 4.69) is 17.1 Å². The topological polar surface area (TPSA) is 51.7 Å². The van der Waals surface area contributed by atoms with E-state index in [4.69, 9.17) is 9.47 Å². The van der Waals surface area contributed by atoms with Crippen LogP contribution in [-0.2, 0) is 11.2 Å². The second-order valence-corrected chi connectivity index (χ2v) is 6.16. The minimum Gasteiger partial charge on any atom is -0.480 e. The molecule has 0 aliphatic carbocycles. The highest BCUT2D eigenvalue weighted by atomic mass is 16.5. The van der Waals surface area contributed by atoms with E-state index in [0.717, 1.165) is 25.9 Å². The van der Waals surface area contributed by atoms with E-state index in [-0.39, 0.29) is 12.0 Å². The summed E-state index contributed by atoms with van der Waals surface area (Å²) in [4.78, 5) is 18.6. The lowest BCUT2D eigenvalue weighted by Gasteiger charge is -2.32. The molecule has 0 bridgehead atoms. The number of aromatic nitrogens is 1. The number of carbonyl (C=O) groups is 1. The van der Waals surface area contributed by atoms with Crippen LogP contribution in [0.15, 0.2) is 48.7 Å². The molecule has 132 valence electrons. The Hall–Kier alpha value is -2.40. The molecule has 3 rings (SSSR count). The lowest BCUT2D eigenvalue weighted by molar-refractivity contribution is 0.00995. The molecule has 25 heavy (non-hydrogen) atoms. The van der Waals surface area contributed by atoms with Gasteiger partial charge in [-0.15, -0.1) is 0 Å². The third-order valence-corrected chi connectivity index (χ3v) is 4.51. The molecule has 1 aromatic heterocycles. The number of piperidine rings is 1. The van der Waals surface area contributed by atoms with E-state index < -0.39 is 0 Å². The maximum atomic E-state index is 12.7. The number of ether oxygens (including phenoxy) is 2. The SMILES string of the molecule is COc1ncccc1C(=O)N1CCC(OCCc2ccccc2)CC1. The number of hydrogen-bond donors (Lipinski definition) is 0. The van der Waals surface area contributed by atoms with Crippen molar-refractivity contribution in [3.05, 3.63) is 59.8 Å². The van der Waals surface area contributed by atoms with Crippen LogP contribution in [-0.4, -0.2) is 48.7 Å². The summed E-state index contributed by atoms with van der Waals surface area (Å²) >= 11 is 0. The first-order valence-electron chi connectivity index (χ1n) is 8.71. The standard InChI is InChI=1S/C20H24N2O3/c1-24-19-18(8-5-12-21-19)20(23)22-13-9-17(10-14-22)25-15-11-16-6-3-2-4-7-16/h2-8,12,17H,9-11,13-15H2,1H3. The number of rotatable bonds is 6. The molecule has 2 heterocycles. The fourth-order valence-electron chi connectivity index (χ4n) is 3.10. The summed E-state index contributed by atoms with van der Waals surface area (Å²) in [7, 11) is 1.53. The number of amides is 1. The van der Waals surface area contributed by atoms with Crippen LogP contribution in [0.5, 0.6) is 5.88 Å². The summed E-state index contributed by atoms with van der Waals surface area (Å²) < 4.78 is 11.2. The van der Waals surface area contributed by atoms with Gasteiger partial charge in [-0.25, -0.2) is 4.98 Å². The summed E-state index contributed by atoms with van der Waals surface area (Å²) in [6, 6.07) is 13.9. The Labute approximate surface area is 148 Å². The second kappa shape index (κ2) is 8.62. The van der Waals surface area contributed by atoms with Gasteiger partial charge in [0.25, 0.3) is 5.91 Å². The van der Waals surface area contributed by atoms with Crippen molar-refractivity contribution in [2.45, 2.75) is 25.4 Å². The fourth-order valence-corrected chi connectivity index (χ4v) is 3.10. The van der Waals surface area contributed by atoms with Gasteiger partial charge in [0.1, 0.15) is 5.56 Å². The Bertz CT molecular complexity index is 682. The molecule has 1 fully saturated rings. The monoisotopic (exact) mass is 340 g/mol. The van der Waals surface area contributed by atoms with E-state index >= 15 is 0 Å². The van der Waals surface area contributed by atoms with Crippen molar-refractivity contribution in [3.8, 4) is 5.88 Å². The molecule has 5 heteroatoms. The van der Waals surface area contributed by atoms with E-state index in [1.54, 1.807) is 18.3 Å². The fraction of sp³-hybridized carbons (Fsp3) is 0.400. The van der Waals surface area contributed by atoms with Gasteiger partial charge in [-0.3, -0.25) is 4.79 Å². The van der Waals surface area contributed by atoms with Crippen LogP contribution in [0.25, 0.3) is 0 Å². The van der Waals surface area contributed by atoms with Gasteiger partial charge >= 0.3 is 0 Å². The Morgan fingerprint density at radius 3 is 2.64 bits per heavy atom. The van der Waals surface area contributed by atoms with Gasteiger partial charge in [-0.1, -0.05) is 30.3 Å². The van der Waals surface area contributed by atoms with Crippen molar-refractivity contribution in [2.24, 2.45) is 0 Å². The number of likely N-dealkylation sites (tertiary alicyclic amines) is 1. The molecule has 5 nitrogen and oxygen atoms in total. The molecule has 0 N–H and O–H groups in total. The maximum Gasteiger partial charge on any atom is 0.259 e. The number of pyridine rings is 1. The van der Waals surface area contributed by atoms with Crippen molar-refractivity contribution < 1.29 is 14.3 Å². The molecule has 1 aliphatic rings. The summed E-state index contributed by atoms with van der Waals surface area (Å²) in [6.07, 6.45) is 4.50. The molecule has 1 aromatic carbocycles. The predicted octanol–water partition coefficient (Wildman–Crippen LogP) is 2.95. The van der Waals surface area contributed by atoms with E-state index in [1.165, 1.54) is 12.7 Å². The van der Waals surface area contributed by atoms with Crippen molar-refractivity contribution in [1.29, 1.82) is 0 Å². The molecular weight excluding hydrogens is 316 g/mol. The molecule has 0 atom stereocenters. The van der Waals surface area contributed by atoms with Gasteiger partial charge in [-0.2, -0.15) is 0 Å². The van der Waals surface area contributed by atoms with Gasteiger partial charge < -0.3 is 14.4 Å². The minimum atomic E-state index is -0.0207. The molecule has 1 saturated heterocycles. The maximum absolute atomic E-state index is 12.7. The van der Waals surface area contributed by atoms with Crippen molar-refractivity contribution in [3.63, 3.8) is 0 Å². The average molecular weight is 340 g/mol. The summed E-state index contributed by atoms with van der Waals surface area (Å²) in [5.41, 5.74) is 1.81. The predicted molar refractivity (Wildman–Crippen MR) is 95.8 cm³/mol. The first-order valence-corrected chi connectivity index (χ1v) is 8.71. The molecule has 1 aliphatic heterocycles. The van der Waals surface area contributed by atoms with Crippen LogP contribution >= 0.6 is 0 Å². The Morgan fingerprint density at radius 1 is 1.16 bits per heavy atom. The molecule has 0 radical (unpaired) electrons. The molecule has 0 spiro atoms. The lowest BCUT2D eigenvalue weighted by atomic mass is 10.1. The Kier molecular flexibility index (Phi) is 6.01. The summed E-state index contributed by atoms with van der Waals surface area (Å²) in [6.45, 7) is 2.12. The highest BCUT2D eigenvalue weighted by Crippen LogP contribution is 2.20. The third kappa shape index (κ3) is 4.57. The Morgan fingerprint density at radius 2 is 1.92 bits per heavy atom. The van der Waals surface area contributed by atoms with Crippen LogP contribution < -0.4 is 4.74 Å². The number of nitrogens with zero attached hydrogens (tertiary/aromatic N) is 2. The zero-order valence-electron chi connectivity index (χ0n) is 14.6. The molecule has 0 saturated carbocycles. The molecule has 1 amide bonds. The quantitative estimate of drug-likeness (QED) is 0.811. The largest absolute Gasteiger partial charge is 0.480 e. The zero-order valence-corrected chi connectivity index (χ0v) is 14.6. The van der Waals surface area contributed by atoms with Crippen LogP contribution in [0.4, 0.5) is 0 Å². The van der Waals surface area contributed by atoms with Gasteiger partial charge in [0.2, 0.25) is 5.88 Å². The molecule has 2 aromatic rings. The van der Waals surface area contributed by atoms with Crippen molar-refractivity contribution in [2.75, 3.05) is 26.8 Å². The second-order valence-electron chi connectivity index (χ2n) is 6.16. The van der Waals surface area contributed by atoms with Crippen LogP contribution in [0.2, 0.25) is 0 Å². The minimum absolute atomic E-state index is 0.0207. The van der Waals surface area contributed by atoms with Gasteiger partial charge in [0.05, 0.1) is 19.8 Å². The Balaban J connectivity index is 1.46. The van der Waals surface area contributed by atoms with Crippen LogP contribution in [0, 0.1) is 0 Å². The zero-order chi connectivity index (χ0) is 17.5. The number of benzene rings is 1. The normalized spacial score (nSPS) is 15.2. The van der Waals surface area contributed by atoms with Gasteiger partial charge in [0, 0.05) is 19.3 Å². The van der Waals surface area contributed by atoms with E-state index in [0.29, 0.717) is 24.5 Å². The third-order valence-electron chi connectivity index (χ3n) is 4.51. The smallest absolute Gasteiger partial charge is 0.259 e. The van der Waals surface area contributed by atoms with Crippen LogP contribution in [0.1, 0.15) is 28.8 Å². The van der Waals surface area contributed by atoms with Crippen molar-refractivity contribution in [1.82, 2.24) is 9.88 Å². The molecular formula is C20H24N2O3. The highest BCUT2D eigenvalue weighted by Gasteiger charge is 2.26. The van der Waals surface area contributed by atoms with E-state index in [1.807, 2.05) is 23.1 Å². The first kappa shape index (κ1) is 17.4. The highest BCUT2D eigenvalue weighted by molar-refractivity contribution is 5.96. The molecule has 0 unspecified atom stereocenters. The summed E-state index contributed by atoms with van der Waals surface area (Å²) in [5, 5.41) is 0. The lowest BCUT2D eigenvalue weighted by Crippen LogP contribution is -2.41. The number of carbonyl (C=O) groups excluding carboxylic acids is 1. The number of methoxy groups -OCH3 is 1. The van der Waals surface area contributed by atoms with E-state index in [9.17, 15) is 4.79 Å². The summed E-state index contributed by atoms with van der Waals surface area (Å²) in [5.74, 6) is 0.362. The van der Waals surface area contributed by atoms with Gasteiger partial charge in [-0.05, 0) is 37.0 Å². The average Bonchev–Trinajstić information content (AvgIpc) is 2.69. The van der Waals surface area contributed by atoms with Crippen molar-refractivity contribution >= 4 is 5.91 Å². The van der Waals surface area contributed by atoms with Crippen LogP contribution in [0.3, 0.4) is 0 Å².